The van der Waals surface area contributed by atoms with Gasteiger partial charge in [0.25, 0.3) is 0 Å². The summed E-state index contributed by atoms with van der Waals surface area (Å²) >= 11 is 5.70. The Bertz CT molecular complexity index is 624. The number of rotatable bonds is 5. The van der Waals surface area contributed by atoms with Crippen molar-refractivity contribution >= 4 is 28.4 Å². The molecule has 4 nitrogen and oxygen atoms in total. The van der Waals surface area contributed by atoms with Gasteiger partial charge >= 0.3 is 5.97 Å². The first kappa shape index (κ1) is 15.1. The predicted molar refractivity (Wildman–Crippen MR) is 85.4 cm³/mol. The summed E-state index contributed by atoms with van der Waals surface area (Å²) < 4.78 is 4.73. The number of carbonyl (C=O) groups is 1. The van der Waals surface area contributed by atoms with E-state index in [4.69, 9.17) is 16.3 Å². The Morgan fingerprint density at radius 1 is 1.10 bits per heavy atom. The van der Waals surface area contributed by atoms with E-state index in [1.165, 1.54) is 0 Å². The lowest BCUT2D eigenvalue weighted by atomic mass is 10.1. The van der Waals surface area contributed by atoms with Crippen LogP contribution in [0.15, 0.2) is 59.7 Å². The van der Waals surface area contributed by atoms with Gasteiger partial charge in [-0.25, -0.2) is 4.79 Å². The van der Waals surface area contributed by atoms with E-state index >= 15 is 0 Å². The number of nitrogens with zero attached hydrogens (tertiary/aromatic N) is 1. The normalized spacial score (nSPS) is 11.0. The van der Waals surface area contributed by atoms with Crippen molar-refractivity contribution in [3.05, 3.63) is 54.6 Å². The fourth-order valence-electron chi connectivity index (χ4n) is 1.72. The van der Waals surface area contributed by atoms with E-state index in [1.807, 2.05) is 54.6 Å². The zero-order valence-corrected chi connectivity index (χ0v) is 12.3. The molecule has 5 heteroatoms. The van der Waals surface area contributed by atoms with E-state index in [2.05, 4.69) is 10.5 Å². The van der Waals surface area contributed by atoms with Crippen LogP contribution in [0.25, 0.3) is 11.1 Å². The van der Waals surface area contributed by atoms with Crippen molar-refractivity contribution < 1.29 is 9.53 Å². The van der Waals surface area contributed by atoms with E-state index in [0.29, 0.717) is 0 Å². The molecule has 0 atom stereocenters. The molecule has 0 aromatic heterocycles. The lowest BCUT2D eigenvalue weighted by Crippen LogP contribution is -2.13. The second-order valence-electron chi connectivity index (χ2n) is 4.18. The van der Waals surface area contributed by atoms with Crippen LogP contribution in [0, 0.1) is 0 Å². The molecule has 0 radical (unpaired) electrons. The molecule has 108 valence electrons. The standard InChI is InChI=1S/C16H15ClN2O2/c1-2-21-16(20)15(17)19-18-14-10-8-13(9-11-14)12-6-4-3-5-7-12/h3-11,18H,2H2,1H3/b19-15-. The minimum atomic E-state index is -0.646. The van der Waals surface area contributed by atoms with Gasteiger partial charge in [-0.3, -0.25) is 5.43 Å². The molecule has 0 saturated carbocycles. The molecule has 0 bridgehead atoms. The fourth-order valence-corrected chi connectivity index (χ4v) is 1.81. The molecule has 0 fully saturated rings. The number of hydrogen-bond donors (Lipinski definition) is 1. The maximum Gasteiger partial charge on any atom is 0.370 e. The van der Waals surface area contributed by atoms with Gasteiger partial charge in [0.15, 0.2) is 0 Å². The van der Waals surface area contributed by atoms with Crippen LogP contribution in [0.2, 0.25) is 0 Å². The molecule has 0 aliphatic rings. The van der Waals surface area contributed by atoms with Gasteiger partial charge in [-0.05, 0) is 30.2 Å². The van der Waals surface area contributed by atoms with Crippen molar-refractivity contribution in [2.45, 2.75) is 6.92 Å². The lowest BCUT2D eigenvalue weighted by molar-refractivity contribution is -0.134. The molecular formula is C16H15ClN2O2. The van der Waals surface area contributed by atoms with Crippen molar-refractivity contribution in [1.29, 1.82) is 0 Å². The molecule has 0 amide bonds. The highest BCUT2D eigenvalue weighted by molar-refractivity contribution is 6.82. The molecule has 0 aliphatic carbocycles. The molecular weight excluding hydrogens is 288 g/mol. The van der Waals surface area contributed by atoms with Crippen LogP contribution in [0.5, 0.6) is 0 Å². The second-order valence-corrected chi connectivity index (χ2v) is 4.54. The van der Waals surface area contributed by atoms with E-state index < -0.39 is 5.97 Å². The molecule has 2 rings (SSSR count). The third-order valence-corrected chi connectivity index (χ3v) is 2.96. The smallest absolute Gasteiger partial charge is 0.370 e. The summed E-state index contributed by atoms with van der Waals surface area (Å²) in [6, 6.07) is 17.7. The first-order valence-corrected chi connectivity index (χ1v) is 6.90. The summed E-state index contributed by atoms with van der Waals surface area (Å²) in [5.41, 5.74) is 5.69. The molecule has 0 heterocycles. The Morgan fingerprint density at radius 3 is 2.33 bits per heavy atom. The number of benzene rings is 2. The maximum atomic E-state index is 11.3. The first-order chi connectivity index (χ1) is 10.2. The second kappa shape index (κ2) is 7.45. The van der Waals surface area contributed by atoms with E-state index in [1.54, 1.807) is 6.92 Å². The minimum Gasteiger partial charge on any atom is -0.461 e. The van der Waals surface area contributed by atoms with Crippen molar-refractivity contribution in [3.63, 3.8) is 0 Å². The van der Waals surface area contributed by atoms with Crippen LogP contribution in [-0.4, -0.2) is 17.7 Å². The average Bonchev–Trinajstić information content (AvgIpc) is 2.54. The number of esters is 1. The van der Waals surface area contributed by atoms with Gasteiger partial charge in [-0.2, -0.15) is 5.10 Å². The fraction of sp³-hybridized carbons (Fsp3) is 0.125. The topological polar surface area (TPSA) is 50.7 Å². The molecule has 0 spiro atoms. The summed E-state index contributed by atoms with van der Waals surface area (Å²) in [5, 5.41) is 3.54. The zero-order chi connectivity index (χ0) is 15.1. The van der Waals surface area contributed by atoms with Crippen LogP contribution in [0.3, 0.4) is 0 Å². The van der Waals surface area contributed by atoms with Gasteiger partial charge in [-0.1, -0.05) is 54.1 Å². The van der Waals surface area contributed by atoms with Gasteiger partial charge < -0.3 is 4.74 Å². The number of hydrogen-bond acceptors (Lipinski definition) is 4. The van der Waals surface area contributed by atoms with Crippen LogP contribution < -0.4 is 5.43 Å². The van der Waals surface area contributed by atoms with Gasteiger partial charge in [0.05, 0.1) is 12.3 Å². The van der Waals surface area contributed by atoms with Crippen LogP contribution in [0.1, 0.15) is 6.92 Å². The molecule has 0 unspecified atom stereocenters. The molecule has 0 aliphatic heterocycles. The minimum absolute atomic E-state index is 0.232. The highest BCUT2D eigenvalue weighted by Crippen LogP contribution is 2.20. The Hall–Kier alpha value is -2.33. The summed E-state index contributed by atoms with van der Waals surface area (Å²) in [5.74, 6) is -0.646. The SMILES string of the molecule is CCOC(=O)/C(Cl)=N/Nc1ccc(-c2ccccc2)cc1. The van der Waals surface area contributed by atoms with Gasteiger partial charge in [0.2, 0.25) is 5.17 Å². The van der Waals surface area contributed by atoms with Crippen molar-refractivity contribution in [1.82, 2.24) is 0 Å². The summed E-state index contributed by atoms with van der Waals surface area (Å²) in [6.07, 6.45) is 0. The number of nitrogens with one attached hydrogen (secondary N) is 1. The quantitative estimate of drug-likeness (QED) is 0.518. The monoisotopic (exact) mass is 302 g/mol. The van der Waals surface area contributed by atoms with E-state index in [-0.39, 0.29) is 11.8 Å². The Labute approximate surface area is 128 Å². The third kappa shape index (κ3) is 4.33. The van der Waals surface area contributed by atoms with Gasteiger partial charge in [-0.15, -0.1) is 0 Å². The molecule has 2 aromatic carbocycles. The predicted octanol–water partition coefficient (Wildman–Crippen LogP) is 3.88. The van der Waals surface area contributed by atoms with Crippen molar-refractivity contribution in [2.75, 3.05) is 12.0 Å². The summed E-state index contributed by atoms with van der Waals surface area (Å²) in [6.45, 7) is 1.97. The van der Waals surface area contributed by atoms with Crippen LogP contribution in [0.4, 0.5) is 5.69 Å². The third-order valence-electron chi connectivity index (χ3n) is 2.72. The summed E-state index contributed by atoms with van der Waals surface area (Å²) in [7, 11) is 0. The highest BCUT2D eigenvalue weighted by atomic mass is 35.5. The number of ether oxygens (including phenoxy) is 1. The number of halogens is 1. The molecule has 0 saturated heterocycles. The number of hydrazone groups is 1. The van der Waals surface area contributed by atoms with E-state index in [9.17, 15) is 4.79 Å². The van der Waals surface area contributed by atoms with Gasteiger partial charge in [0, 0.05) is 0 Å². The largest absolute Gasteiger partial charge is 0.461 e. The van der Waals surface area contributed by atoms with Crippen LogP contribution >= 0.6 is 11.6 Å². The lowest BCUT2D eigenvalue weighted by Gasteiger charge is -2.04. The van der Waals surface area contributed by atoms with Gasteiger partial charge in [0.1, 0.15) is 0 Å². The number of carbonyl (C=O) groups excluding carboxylic acids is 1. The Kier molecular flexibility index (Phi) is 5.35. The first-order valence-electron chi connectivity index (χ1n) is 6.52. The maximum absolute atomic E-state index is 11.3. The average molecular weight is 303 g/mol. The Morgan fingerprint density at radius 2 is 1.71 bits per heavy atom. The van der Waals surface area contributed by atoms with Crippen molar-refractivity contribution in [2.24, 2.45) is 5.10 Å². The molecule has 2 aromatic rings. The highest BCUT2D eigenvalue weighted by Gasteiger charge is 2.08. The molecule has 1 N–H and O–H groups in total. The zero-order valence-electron chi connectivity index (χ0n) is 11.5. The number of anilines is 1. The molecule has 21 heavy (non-hydrogen) atoms. The summed E-state index contributed by atoms with van der Waals surface area (Å²) in [4.78, 5) is 11.3. The Balaban J connectivity index is 2.03. The van der Waals surface area contributed by atoms with Crippen LogP contribution in [-0.2, 0) is 9.53 Å². The van der Waals surface area contributed by atoms with Crippen molar-refractivity contribution in [3.8, 4) is 11.1 Å². The van der Waals surface area contributed by atoms with E-state index in [0.717, 1.165) is 16.8 Å².